The van der Waals surface area contributed by atoms with Crippen molar-refractivity contribution in [2.75, 3.05) is 0 Å². The predicted molar refractivity (Wildman–Crippen MR) is 81.0 cm³/mol. The topological polar surface area (TPSA) is 9.23 Å². The van der Waals surface area contributed by atoms with E-state index in [2.05, 4.69) is 45.0 Å². The Balaban J connectivity index is 2.18. The third kappa shape index (κ3) is 3.30. The van der Waals surface area contributed by atoms with Gasteiger partial charge in [-0.2, -0.15) is 0 Å². The maximum absolute atomic E-state index is 5.99. The highest BCUT2D eigenvalue weighted by Gasteiger charge is 2.07. The summed E-state index contributed by atoms with van der Waals surface area (Å²) in [6.07, 6.45) is 0. The second kappa shape index (κ2) is 6.12. The number of hydrogen-bond acceptors (Lipinski definition) is 1. The van der Waals surface area contributed by atoms with E-state index in [1.807, 2.05) is 12.1 Å². The first-order valence-electron chi connectivity index (χ1n) is 6.45. The summed E-state index contributed by atoms with van der Waals surface area (Å²) in [6, 6.07) is 12.5. The first-order chi connectivity index (χ1) is 9.11. The van der Waals surface area contributed by atoms with Crippen LogP contribution in [0.5, 0.6) is 5.75 Å². The van der Waals surface area contributed by atoms with Gasteiger partial charge in [0.1, 0.15) is 12.4 Å². The fraction of sp³-hybridized carbons (Fsp3) is 0.294. The van der Waals surface area contributed by atoms with Crippen molar-refractivity contribution < 1.29 is 4.74 Å². The van der Waals surface area contributed by atoms with Crippen molar-refractivity contribution in [1.29, 1.82) is 0 Å². The van der Waals surface area contributed by atoms with Crippen molar-refractivity contribution in [2.45, 2.75) is 33.3 Å². The molecule has 0 fully saturated rings. The van der Waals surface area contributed by atoms with Crippen LogP contribution in [0.15, 0.2) is 36.4 Å². The lowest BCUT2D eigenvalue weighted by atomic mass is 10.1. The van der Waals surface area contributed by atoms with Gasteiger partial charge in [0.15, 0.2) is 0 Å². The molecular formula is C17H19ClO. The van der Waals surface area contributed by atoms with Crippen LogP contribution >= 0.6 is 11.6 Å². The van der Waals surface area contributed by atoms with Crippen LogP contribution in [-0.4, -0.2) is 0 Å². The van der Waals surface area contributed by atoms with E-state index in [0.29, 0.717) is 12.5 Å². The molecule has 0 aliphatic rings. The third-order valence-electron chi connectivity index (χ3n) is 3.31. The summed E-state index contributed by atoms with van der Waals surface area (Å²) in [7, 11) is 0. The number of alkyl halides is 1. The lowest BCUT2D eigenvalue weighted by Crippen LogP contribution is -2.01. The molecule has 0 bridgehead atoms. The van der Waals surface area contributed by atoms with Gasteiger partial charge >= 0.3 is 0 Å². The highest BCUT2D eigenvalue weighted by Crippen LogP contribution is 2.26. The molecule has 2 aromatic rings. The maximum atomic E-state index is 5.99. The van der Waals surface area contributed by atoms with Crippen LogP contribution in [0, 0.1) is 20.8 Å². The minimum Gasteiger partial charge on any atom is -0.488 e. The van der Waals surface area contributed by atoms with Crippen LogP contribution in [0.4, 0.5) is 0 Å². The predicted octanol–water partition coefficient (Wildman–Crippen LogP) is 4.93. The molecule has 0 unspecified atom stereocenters. The number of rotatable bonds is 4. The Morgan fingerprint density at radius 1 is 0.947 bits per heavy atom. The van der Waals surface area contributed by atoms with E-state index in [9.17, 15) is 0 Å². The quantitative estimate of drug-likeness (QED) is 0.719. The smallest absolute Gasteiger partial charge is 0.125 e. The number of hydrogen-bond donors (Lipinski definition) is 0. The number of benzene rings is 2. The number of halogens is 1. The Kier molecular flexibility index (Phi) is 4.49. The molecule has 0 heterocycles. The second-order valence-corrected chi connectivity index (χ2v) is 5.17. The highest BCUT2D eigenvalue weighted by molar-refractivity contribution is 6.17. The second-order valence-electron chi connectivity index (χ2n) is 4.91. The van der Waals surface area contributed by atoms with E-state index in [1.165, 1.54) is 11.1 Å². The van der Waals surface area contributed by atoms with E-state index in [4.69, 9.17) is 16.3 Å². The molecule has 0 amide bonds. The lowest BCUT2D eigenvalue weighted by molar-refractivity contribution is 0.301. The summed E-state index contributed by atoms with van der Waals surface area (Å²) >= 11 is 5.88. The van der Waals surface area contributed by atoms with Gasteiger partial charge in [0, 0.05) is 5.88 Å². The molecule has 2 rings (SSSR count). The van der Waals surface area contributed by atoms with Crippen LogP contribution in [0.1, 0.15) is 27.8 Å². The van der Waals surface area contributed by atoms with E-state index >= 15 is 0 Å². The monoisotopic (exact) mass is 274 g/mol. The molecule has 0 radical (unpaired) electrons. The highest BCUT2D eigenvalue weighted by atomic mass is 35.5. The Morgan fingerprint density at radius 2 is 1.58 bits per heavy atom. The summed E-state index contributed by atoms with van der Waals surface area (Å²) < 4.78 is 5.99. The normalized spacial score (nSPS) is 10.5. The van der Waals surface area contributed by atoms with Crippen LogP contribution in [0.25, 0.3) is 0 Å². The minimum absolute atomic E-state index is 0.541. The molecule has 2 aromatic carbocycles. The Labute approximate surface area is 120 Å². The molecule has 0 atom stereocenters. The number of ether oxygens (including phenoxy) is 1. The van der Waals surface area contributed by atoms with E-state index < -0.39 is 0 Å². The molecule has 0 saturated heterocycles. The summed E-state index contributed by atoms with van der Waals surface area (Å²) in [5, 5.41) is 0. The average molecular weight is 275 g/mol. The number of aryl methyl sites for hydroxylation is 3. The van der Waals surface area contributed by atoms with Crippen molar-refractivity contribution in [2.24, 2.45) is 0 Å². The summed E-state index contributed by atoms with van der Waals surface area (Å²) in [5.74, 6) is 1.51. The van der Waals surface area contributed by atoms with Crippen molar-refractivity contribution >= 4 is 11.6 Å². The van der Waals surface area contributed by atoms with Gasteiger partial charge < -0.3 is 4.74 Å². The standard InChI is InChI=1S/C17H19ClO/c1-12-6-4-5-7-16(12)11-19-17-13(2)8-15(10-18)9-14(17)3/h4-9H,10-11H2,1-3H3. The summed E-state index contributed by atoms with van der Waals surface area (Å²) in [6.45, 7) is 6.84. The molecule has 0 aliphatic carbocycles. The molecule has 0 saturated carbocycles. The molecule has 1 nitrogen and oxygen atoms in total. The first kappa shape index (κ1) is 14.0. The van der Waals surface area contributed by atoms with Gasteiger partial charge in [-0.1, -0.05) is 36.4 Å². The maximum Gasteiger partial charge on any atom is 0.125 e. The lowest BCUT2D eigenvalue weighted by Gasteiger charge is -2.14. The van der Waals surface area contributed by atoms with Crippen molar-refractivity contribution in [1.82, 2.24) is 0 Å². The third-order valence-corrected chi connectivity index (χ3v) is 3.62. The molecule has 0 aromatic heterocycles. The molecule has 0 N–H and O–H groups in total. The average Bonchev–Trinajstić information content (AvgIpc) is 2.39. The summed E-state index contributed by atoms with van der Waals surface area (Å²) in [4.78, 5) is 0. The van der Waals surface area contributed by atoms with Gasteiger partial charge in [0.25, 0.3) is 0 Å². The summed E-state index contributed by atoms with van der Waals surface area (Å²) in [5.41, 5.74) is 5.91. The minimum atomic E-state index is 0.541. The molecular weight excluding hydrogens is 256 g/mol. The van der Waals surface area contributed by atoms with E-state index in [-0.39, 0.29) is 0 Å². The van der Waals surface area contributed by atoms with Gasteiger partial charge in [-0.25, -0.2) is 0 Å². The van der Waals surface area contributed by atoms with E-state index in [1.54, 1.807) is 0 Å². The van der Waals surface area contributed by atoms with Crippen molar-refractivity contribution in [3.63, 3.8) is 0 Å². The van der Waals surface area contributed by atoms with Crippen molar-refractivity contribution in [3.8, 4) is 5.75 Å². The van der Waals surface area contributed by atoms with Gasteiger partial charge in [-0.05, 0) is 48.6 Å². The largest absolute Gasteiger partial charge is 0.488 e. The Hall–Kier alpha value is -1.47. The van der Waals surface area contributed by atoms with Gasteiger partial charge in [-0.15, -0.1) is 11.6 Å². The molecule has 100 valence electrons. The van der Waals surface area contributed by atoms with Crippen LogP contribution in [0.2, 0.25) is 0 Å². The zero-order valence-corrected chi connectivity index (χ0v) is 12.4. The zero-order valence-electron chi connectivity index (χ0n) is 11.7. The molecule has 19 heavy (non-hydrogen) atoms. The van der Waals surface area contributed by atoms with Gasteiger partial charge in [-0.3, -0.25) is 0 Å². The fourth-order valence-electron chi connectivity index (χ4n) is 2.27. The molecule has 0 aliphatic heterocycles. The van der Waals surface area contributed by atoms with Crippen LogP contribution in [0.3, 0.4) is 0 Å². The van der Waals surface area contributed by atoms with Crippen LogP contribution in [-0.2, 0) is 12.5 Å². The first-order valence-corrected chi connectivity index (χ1v) is 6.98. The van der Waals surface area contributed by atoms with Crippen LogP contribution < -0.4 is 4.74 Å². The molecule has 2 heteroatoms. The molecule has 0 spiro atoms. The fourth-order valence-corrected chi connectivity index (χ4v) is 2.42. The Morgan fingerprint density at radius 3 is 2.16 bits per heavy atom. The van der Waals surface area contributed by atoms with Gasteiger partial charge in [0.05, 0.1) is 0 Å². The van der Waals surface area contributed by atoms with Crippen molar-refractivity contribution in [3.05, 3.63) is 64.2 Å². The Bertz CT molecular complexity index is 552. The zero-order chi connectivity index (χ0) is 13.8. The SMILES string of the molecule is Cc1ccccc1COc1c(C)cc(CCl)cc1C. The van der Waals surface area contributed by atoms with E-state index in [0.717, 1.165) is 22.4 Å². The van der Waals surface area contributed by atoms with Gasteiger partial charge in [0.2, 0.25) is 0 Å².